The second-order valence-corrected chi connectivity index (χ2v) is 5.88. The number of amides is 1. The van der Waals surface area contributed by atoms with Crippen LogP contribution in [0, 0.1) is 5.82 Å². The molecule has 5 nitrogen and oxygen atoms in total. The Morgan fingerprint density at radius 1 is 1.29 bits per heavy atom. The SMILES string of the molecule is CONC(=O)c1nn(Cc2ccc(Cl)cc2Cl)c2ccc(F)cc12. The number of nitrogens with one attached hydrogen (secondary N) is 1. The highest BCUT2D eigenvalue weighted by atomic mass is 35.5. The van der Waals surface area contributed by atoms with Gasteiger partial charge in [0, 0.05) is 15.4 Å². The van der Waals surface area contributed by atoms with Crippen molar-refractivity contribution in [3.05, 3.63) is 63.5 Å². The summed E-state index contributed by atoms with van der Waals surface area (Å²) in [6.07, 6.45) is 0. The minimum atomic E-state index is -0.561. The number of hydrogen-bond donors (Lipinski definition) is 1. The Hall–Kier alpha value is -2.15. The van der Waals surface area contributed by atoms with E-state index < -0.39 is 11.7 Å². The van der Waals surface area contributed by atoms with Crippen molar-refractivity contribution in [3.63, 3.8) is 0 Å². The number of halogens is 3. The molecule has 0 saturated carbocycles. The number of hydrogen-bond acceptors (Lipinski definition) is 3. The minimum Gasteiger partial charge on any atom is -0.277 e. The second-order valence-electron chi connectivity index (χ2n) is 5.04. The Morgan fingerprint density at radius 2 is 2.08 bits per heavy atom. The van der Waals surface area contributed by atoms with Gasteiger partial charge < -0.3 is 0 Å². The van der Waals surface area contributed by atoms with E-state index in [0.29, 0.717) is 27.5 Å². The Bertz CT molecular complexity index is 927. The zero-order valence-electron chi connectivity index (χ0n) is 12.5. The van der Waals surface area contributed by atoms with Crippen LogP contribution in [0.3, 0.4) is 0 Å². The molecule has 2 aromatic carbocycles. The lowest BCUT2D eigenvalue weighted by molar-refractivity contribution is 0.0533. The van der Waals surface area contributed by atoms with Crippen LogP contribution in [-0.2, 0) is 11.4 Å². The minimum absolute atomic E-state index is 0.0661. The molecular formula is C16H12Cl2FN3O2. The summed E-state index contributed by atoms with van der Waals surface area (Å²) in [5, 5.41) is 5.66. The average Bonchev–Trinajstić information content (AvgIpc) is 2.88. The molecule has 0 saturated heterocycles. The van der Waals surface area contributed by atoms with E-state index in [4.69, 9.17) is 23.2 Å². The summed E-state index contributed by atoms with van der Waals surface area (Å²) in [4.78, 5) is 16.7. The highest BCUT2D eigenvalue weighted by molar-refractivity contribution is 6.35. The van der Waals surface area contributed by atoms with Crippen molar-refractivity contribution in [2.24, 2.45) is 0 Å². The van der Waals surface area contributed by atoms with E-state index in [-0.39, 0.29) is 5.69 Å². The third kappa shape index (κ3) is 3.21. The Morgan fingerprint density at radius 3 is 2.79 bits per heavy atom. The first-order chi connectivity index (χ1) is 11.5. The fourth-order valence-electron chi connectivity index (χ4n) is 2.39. The van der Waals surface area contributed by atoms with Gasteiger partial charge in [0.25, 0.3) is 5.91 Å². The van der Waals surface area contributed by atoms with Crippen LogP contribution in [0.15, 0.2) is 36.4 Å². The van der Waals surface area contributed by atoms with Gasteiger partial charge in [0.2, 0.25) is 0 Å². The Kier molecular flexibility index (Phi) is 4.71. The molecule has 0 spiro atoms. The molecule has 1 amide bonds. The number of carbonyl (C=O) groups is 1. The number of rotatable bonds is 4. The molecule has 0 aliphatic heterocycles. The van der Waals surface area contributed by atoms with Gasteiger partial charge >= 0.3 is 0 Å². The zero-order valence-corrected chi connectivity index (χ0v) is 14.0. The molecule has 24 heavy (non-hydrogen) atoms. The highest BCUT2D eigenvalue weighted by Crippen LogP contribution is 2.25. The van der Waals surface area contributed by atoms with Crippen LogP contribution in [0.1, 0.15) is 16.1 Å². The molecule has 0 unspecified atom stereocenters. The molecule has 1 aromatic heterocycles. The molecule has 3 rings (SSSR count). The van der Waals surface area contributed by atoms with Crippen LogP contribution in [0.2, 0.25) is 10.0 Å². The summed E-state index contributed by atoms with van der Waals surface area (Å²) in [6, 6.07) is 9.24. The lowest BCUT2D eigenvalue weighted by Crippen LogP contribution is -2.22. The number of carbonyl (C=O) groups excluding carboxylic acids is 1. The Labute approximate surface area is 146 Å². The monoisotopic (exact) mass is 367 g/mol. The zero-order chi connectivity index (χ0) is 17.3. The first kappa shape index (κ1) is 16.7. The summed E-state index contributed by atoms with van der Waals surface area (Å²) in [7, 11) is 1.31. The second kappa shape index (κ2) is 6.76. The van der Waals surface area contributed by atoms with Crippen LogP contribution >= 0.6 is 23.2 Å². The van der Waals surface area contributed by atoms with Gasteiger partial charge in [0.05, 0.1) is 19.2 Å². The van der Waals surface area contributed by atoms with Crippen LogP contribution < -0.4 is 5.48 Å². The quantitative estimate of drug-likeness (QED) is 0.713. The molecule has 1 heterocycles. The third-order valence-electron chi connectivity index (χ3n) is 3.46. The van der Waals surface area contributed by atoms with Crippen molar-refractivity contribution in [2.75, 3.05) is 7.11 Å². The van der Waals surface area contributed by atoms with Crippen LogP contribution in [0.4, 0.5) is 4.39 Å². The van der Waals surface area contributed by atoms with E-state index in [2.05, 4.69) is 15.4 Å². The lowest BCUT2D eigenvalue weighted by atomic mass is 10.2. The number of benzene rings is 2. The van der Waals surface area contributed by atoms with E-state index in [1.54, 1.807) is 28.9 Å². The van der Waals surface area contributed by atoms with E-state index in [0.717, 1.165) is 5.56 Å². The van der Waals surface area contributed by atoms with E-state index >= 15 is 0 Å². The molecule has 124 valence electrons. The fraction of sp³-hybridized carbons (Fsp3) is 0.125. The predicted molar refractivity (Wildman–Crippen MR) is 89.7 cm³/mol. The highest BCUT2D eigenvalue weighted by Gasteiger charge is 2.18. The molecule has 8 heteroatoms. The van der Waals surface area contributed by atoms with Crippen LogP contribution in [-0.4, -0.2) is 22.8 Å². The molecule has 0 radical (unpaired) electrons. The summed E-state index contributed by atoms with van der Waals surface area (Å²) in [5.41, 5.74) is 3.63. The van der Waals surface area contributed by atoms with Crippen LogP contribution in [0.5, 0.6) is 0 Å². The molecule has 3 aromatic rings. The smallest absolute Gasteiger partial charge is 0.277 e. The maximum absolute atomic E-state index is 13.6. The van der Waals surface area contributed by atoms with E-state index in [9.17, 15) is 9.18 Å². The van der Waals surface area contributed by atoms with Crippen molar-refractivity contribution in [3.8, 4) is 0 Å². The molecule has 0 aliphatic rings. The van der Waals surface area contributed by atoms with E-state index in [1.165, 1.54) is 19.2 Å². The van der Waals surface area contributed by atoms with Crippen molar-refractivity contribution in [2.45, 2.75) is 6.54 Å². The van der Waals surface area contributed by atoms with Crippen molar-refractivity contribution in [1.82, 2.24) is 15.3 Å². The molecule has 1 N–H and O–H groups in total. The van der Waals surface area contributed by atoms with Crippen molar-refractivity contribution >= 4 is 40.0 Å². The Balaban J connectivity index is 2.09. The van der Waals surface area contributed by atoms with Gasteiger partial charge in [-0.1, -0.05) is 29.3 Å². The number of fused-ring (bicyclic) bond motifs is 1. The lowest BCUT2D eigenvalue weighted by Gasteiger charge is -2.06. The first-order valence-corrected chi connectivity index (χ1v) is 7.68. The molecular weight excluding hydrogens is 356 g/mol. The standard InChI is InChI=1S/C16H12Cl2FN3O2/c1-24-21-16(23)15-12-7-11(19)4-5-14(12)22(20-15)8-9-2-3-10(17)6-13(9)18/h2-7H,8H2,1H3,(H,21,23). The molecule has 0 atom stereocenters. The molecule has 0 fully saturated rings. The predicted octanol–water partition coefficient (Wildman–Crippen LogP) is 3.82. The van der Waals surface area contributed by atoms with Gasteiger partial charge in [0.15, 0.2) is 5.69 Å². The maximum atomic E-state index is 13.6. The van der Waals surface area contributed by atoms with Gasteiger partial charge in [-0.25, -0.2) is 9.87 Å². The van der Waals surface area contributed by atoms with Crippen LogP contribution in [0.25, 0.3) is 10.9 Å². The average molecular weight is 368 g/mol. The topological polar surface area (TPSA) is 56.1 Å². The van der Waals surface area contributed by atoms with Gasteiger partial charge in [-0.15, -0.1) is 0 Å². The summed E-state index contributed by atoms with van der Waals surface area (Å²) in [5.74, 6) is -1.02. The normalized spacial score (nSPS) is 11.0. The van der Waals surface area contributed by atoms with Gasteiger partial charge in [-0.3, -0.25) is 14.3 Å². The van der Waals surface area contributed by atoms with E-state index in [1.807, 2.05) is 0 Å². The summed E-state index contributed by atoms with van der Waals surface area (Å²) < 4.78 is 15.2. The fourth-order valence-corrected chi connectivity index (χ4v) is 2.86. The largest absolute Gasteiger partial charge is 0.295 e. The maximum Gasteiger partial charge on any atom is 0.295 e. The molecule has 0 bridgehead atoms. The third-order valence-corrected chi connectivity index (χ3v) is 4.04. The van der Waals surface area contributed by atoms with Crippen molar-refractivity contribution in [1.29, 1.82) is 0 Å². The summed E-state index contributed by atoms with van der Waals surface area (Å²) in [6.45, 7) is 0.304. The first-order valence-electron chi connectivity index (χ1n) is 6.93. The van der Waals surface area contributed by atoms with Gasteiger partial charge in [-0.2, -0.15) is 5.10 Å². The number of nitrogens with zero attached hydrogens (tertiary/aromatic N) is 2. The van der Waals surface area contributed by atoms with Gasteiger partial charge in [-0.05, 0) is 35.9 Å². The number of hydroxylamine groups is 1. The number of aromatic nitrogens is 2. The molecule has 0 aliphatic carbocycles. The summed E-state index contributed by atoms with van der Waals surface area (Å²) >= 11 is 12.1. The van der Waals surface area contributed by atoms with Gasteiger partial charge in [0.1, 0.15) is 5.82 Å². The van der Waals surface area contributed by atoms with Crippen molar-refractivity contribution < 1.29 is 14.0 Å².